The van der Waals surface area contributed by atoms with Crippen molar-refractivity contribution >= 4 is 6.08 Å². The van der Waals surface area contributed by atoms with E-state index in [1.165, 1.54) is 5.57 Å². The highest BCUT2D eigenvalue weighted by atomic mass is 15.3. The minimum Gasteiger partial charge on any atom is -0.223 e. The largest absolute Gasteiger partial charge is 0.223 e. The minimum atomic E-state index is 0.765. The zero-order valence-corrected chi connectivity index (χ0v) is 12.4. The second-order valence-electron chi connectivity index (χ2n) is 5.23. The Balaban J connectivity index is 1.75. The molecule has 0 atom stereocenters. The van der Waals surface area contributed by atoms with Crippen LogP contribution in [0.25, 0.3) is 17.7 Å². The summed E-state index contributed by atoms with van der Waals surface area (Å²) in [7, 11) is 0. The third-order valence-corrected chi connectivity index (χ3v) is 3.59. The Labute approximate surface area is 133 Å². The van der Waals surface area contributed by atoms with Crippen LogP contribution < -0.4 is 0 Å². The van der Waals surface area contributed by atoms with Crippen LogP contribution >= 0.6 is 0 Å². The number of rotatable bonds is 4. The van der Waals surface area contributed by atoms with Crippen LogP contribution in [0.15, 0.2) is 78.9 Å². The van der Waals surface area contributed by atoms with Gasteiger partial charge < -0.3 is 0 Å². The van der Waals surface area contributed by atoms with Crippen molar-refractivity contribution in [1.82, 2.24) is 24.5 Å². The van der Waals surface area contributed by atoms with Gasteiger partial charge in [0, 0.05) is 24.8 Å². The van der Waals surface area contributed by atoms with Gasteiger partial charge in [0.15, 0.2) is 11.6 Å². The molecule has 0 saturated carbocycles. The molecule has 0 bridgehead atoms. The summed E-state index contributed by atoms with van der Waals surface area (Å²) in [4.78, 5) is 4.64. The van der Waals surface area contributed by atoms with Crippen molar-refractivity contribution in [1.29, 1.82) is 0 Å². The number of hydrogen-bond donors (Lipinski definition) is 0. The lowest BCUT2D eigenvalue weighted by atomic mass is 10.1. The van der Waals surface area contributed by atoms with Crippen LogP contribution in [0.1, 0.15) is 12.0 Å². The Morgan fingerprint density at radius 2 is 1.61 bits per heavy atom. The first-order chi connectivity index (χ1) is 11.4. The average molecular weight is 301 g/mol. The van der Waals surface area contributed by atoms with Crippen LogP contribution in [0.5, 0.6) is 0 Å². The Morgan fingerprint density at radius 1 is 0.913 bits per heavy atom. The standard InChI is InChI=1S/C18H15N5/c1-2-6-15(5-1)7-8-16-13-17(22-11-3-9-19-22)21-18(14-16)23-12-4-10-20-23/h1-5,7-14H,6H2/b8-7+. The highest BCUT2D eigenvalue weighted by Gasteiger charge is 2.06. The Bertz CT molecular complexity index is 831. The number of nitrogens with zero attached hydrogens (tertiary/aromatic N) is 5. The van der Waals surface area contributed by atoms with E-state index >= 15 is 0 Å². The Morgan fingerprint density at radius 3 is 2.13 bits per heavy atom. The molecule has 0 saturated heterocycles. The van der Waals surface area contributed by atoms with Crippen molar-refractivity contribution in [2.75, 3.05) is 0 Å². The fourth-order valence-corrected chi connectivity index (χ4v) is 2.45. The van der Waals surface area contributed by atoms with Gasteiger partial charge in [-0.15, -0.1) is 0 Å². The first kappa shape index (κ1) is 13.5. The molecule has 112 valence electrons. The molecule has 0 radical (unpaired) electrons. The van der Waals surface area contributed by atoms with Crippen molar-refractivity contribution in [3.05, 3.63) is 84.5 Å². The minimum absolute atomic E-state index is 0.765. The molecular formula is C18H15N5. The molecule has 0 unspecified atom stereocenters. The molecule has 0 aromatic carbocycles. The van der Waals surface area contributed by atoms with Crippen LogP contribution in [0.4, 0.5) is 0 Å². The normalized spacial score (nSPS) is 13.8. The molecule has 0 spiro atoms. The molecule has 0 N–H and O–H groups in total. The van der Waals surface area contributed by atoms with Gasteiger partial charge in [-0.1, -0.05) is 30.4 Å². The quantitative estimate of drug-likeness (QED) is 0.742. The van der Waals surface area contributed by atoms with Gasteiger partial charge in [-0.3, -0.25) is 0 Å². The zero-order valence-electron chi connectivity index (χ0n) is 12.4. The molecule has 1 aliphatic rings. The fourth-order valence-electron chi connectivity index (χ4n) is 2.45. The summed E-state index contributed by atoms with van der Waals surface area (Å²) < 4.78 is 3.50. The van der Waals surface area contributed by atoms with E-state index in [-0.39, 0.29) is 0 Å². The number of allylic oxidation sites excluding steroid dienone is 5. The SMILES string of the molecule is C1=CCC(/C=C/c2cc(-n3cccn3)nc(-n3cccn3)c2)=C1. The summed E-state index contributed by atoms with van der Waals surface area (Å²) in [6.07, 6.45) is 18.8. The monoisotopic (exact) mass is 301 g/mol. The van der Waals surface area contributed by atoms with E-state index in [0.29, 0.717) is 0 Å². The van der Waals surface area contributed by atoms with Gasteiger partial charge in [-0.2, -0.15) is 10.2 Å². The second-order valence-corrected chi connectivity index (χ2v) is 5.23. The molecule has 4 rings (SSSR count). The van der Waals surface area contributed by atoms with Gasteiger partial charge in [0.1, 0.15) is 0 Å². The summed E-state index contributed by atoms with van der Waals surface area (Å²) in [6, 6.07) is 7.79. The van der Waals surface area contributed by atoms with Crippen LogP contribution in [0, 0.1) is 0 Å². The van der Waals surface area contributed by atoms with Crippen LogP contribution in [0.3, 0.4) is 0 Å². The first-order valence-corrected chi connectivity index (χ1v) is 7.44. The molecule has 5 nitrogen and oxygen atoms in total. The van der Waals surface area contributed by atoms with Crippen molar-refractivity contribution in [2.24, 2.45) is 0 Å². The molecule has 0 aliphatic heterocycles. The summed E-state index contributed by atoms with van der Waals surface area (Å²) in [5.41, 5.74) is 2.35. The molecule has 3 heterocycles. The van der Waals surface area contributed by atoms with Gasteiger partial charge in [-0.05, 0) is 41.8 Å². The number of pyridine rings is 1. The zero-order chi connectivity index (χ0) is 15.5. The molecule has 3 aromatic rings. The van der Waals surface area contributed by atoms with E-state index in [1.807, 2.05) is 36.7 Å². The van der Waals surface area contributed by atoms with E-state index in [2.05, 4.69) is 45.6 Å². The second kappa shape index (κ2) is 5.88. The van der Waals surface area contributed by atoms with E-state index in [9.17, 15) is 0 Å². The van der Waals surface area contributed by atoms with Crippen molar-refractivity contribution in [3.8, 4) is 11.6 Å². The summed E-state index contributed by atoms with van der Waals surface area (Å²) in [5.74, 6) is 1.53. The maximum atomic E-state index is 4.64. The van der Waals surface area contributed by atoms with Crippen LogP contribution in [-0.2, 0) is 0 Å². The summed E-state index contributed by atoms with van der Waals surface area (Å²) >= 11 is 0. The fraction of sp³-hybridized carbons (Fsp3) is 0.0556. The lowest BCUT2D eigenvalue weighted by Crippen LogP contribution is -2.04. The molecular weight excluding hydrogens is 286 g/mol. The van der Waals surface area contributed by atoms with Gasteiger partial charge in [0.2, 0.25) is 0 Å². The van der Waals surface area contributed by atoms with Crippen molar-refractivity contribution < 1.29 is 0 Å². The molecule has 5 heteroatoms. The van der Waals surface area contributed by atoms with E-state index in [1.54, 1.807) is 21.8 Å². The molecule has 0 fully saturated rings. The first-order valence-electron chi connectivity index (χ1n) is 7.44. The topological polar surface area (TPSA) is 48.5 Å². The van der Waals surface area contributed by atoms with Crippen LogP contribution in [0.2, 0.25) is 0 Å². The maximum absolute atomic E-state index is 4.64. The molecule has 3 aromatic heterocycles. The Hall–Kier alpha value is -3.21. The van der Waals surface area contributed by atoms with E-state index < -0.39 is 0 Å². The third-order valence-electron chi connectivity index (χ3n) is 3.59. The van der Waals surface area contributed by atoms with Crippen molar-refractivity contribution in [3.63, 3.8) is 0 Å². The van der Waals surface area contributed by atoms with Gasteiger partial charge in [0.05, 0.1) is 0 Å². The van der Waals surface area contributed by atoms with E-state index in [4.69, 9.17) is 0 Å². The maximum Gasteiger partial charge on any atom is 0.156 e. The average Bonchev–Trinajstić information content (AvgIpc) is 3.36. The lowest BCUT2D eigenvalue weighted by Gasteiger charge is -2.07. The van der Waals surface area contributed by atoms with Gasteiger partial charge in [-0.25, -0.2) is 14.3 Å². The van der Waals surface area contributed by atoms with Crippen LogP contribution in [-0.4, -0.2) is 24.5 Å². The predicted molar refractivity (Wildman–Crippen MR) is 89.4 cm³/mol. The van der Waals surface area contributed by atoms with Gasteiger partial charge in [0.25, 0.3) is 0 Å². The molecule has 0 amide bonds. The smallest absolute Gasteiger partial charge is 0.156 e. The molecule has 23 heavy (non-hydrogen) atoms. The summed E-state index contributed by atoms with van der Waals surface area (Å²) in [5, 5.41) is 8.53. The highest BCUT2D eigenvalue weighted by molar-refractivity contribution is 5.58. The predicted octanol–water partition coefficient (Wildman–Crippen LogP) is 3.35. The van der Waals surface area contributed by atoms with Gasteiger partial charge >= 0.3 is 0 Å². The van der Waals surface area contributed by atoms with Crippen molar-refractivity contribution in [2.45, 2.75) is 6.42 Å². The Kier molecular flexibility index (Phi) is 3.44. The lowest BCUT2D eigenvalue weighted by molar-refractivity contribution is 0.803. The highest BCUT2D eigenvalue weighted by Crippen LogP contribution is 2.17. The molecule has 1 aliphatic carbocycles. The number of hydrogen-bond acceptors (Lipinski definition) is 3. The summed E-state index contributed by atoms with van der Waals surface area (Å²) in [6.45, 7) is 0. The third kappa shape index (κ3) is 2.89. The van der Waals surface area contributed by atoms with E-state index in [0.717, 1.165) is 23.6 Å². The number of aromatic nitrogens is 5.